The lowest BCUT2D eigenvalue weighted by molar-refractivity contribution is -0.131. The molecule has 3 nitrogen and oxygen atoms in total. The Hall–Kier alpha value is -1.84. The summed E-state index contributed by atoms with van der Waals surface area (Å²) < 4.78 is 0. The predicted octanol–water partition coefficient (Wildman–Crippen LogP) is 3.00. The number of halogens is 1. The average molecular weight is 289 g/mol. The van der Waals surface area contributed by atoms with Crippen molar-refractivity contribution in [1.29, 1.82) is 0 Å². The van der Waals surface area contributed by atoms with Crippen molar-refractivity contribution in [3.8, 4) is 0 Å². The highest BCUT2D eigenvalue weighted by Crippen LogP contribution is 2.18. The number of likely N-dealkylation sites (N-methyl/N-ethyl adjacent to an activating group) is 1. The molecule has 0 bridgehead atoms. The van der Waals surface area contributed by atoms with Crippen LogP contribution in [0.25, 0.3) is 0 Å². The van der Waals surface area contributed by atoms with Gasteiger partial charge in [0.15, 0.2) is 0 Å². The summed E-state index contributed by atoms with van der Waals surface area (Å²) in [6.07, 6.45) is 0. The molecule has 0 heterocycles. The second-order valence-electron chi connectivity index (χ2n) is 4.67. The first-order valence-electron chi connectivity index (χ1n) is 6.38. The number of carbonyl (C=O) groups is 1. The van der Waals surface area contributed by atoms with Gasteiger partial charge >= 0.3 is 0 Å². The topological polar surface area (TPSA) is 46.3 Å². The summed E-state index contributed by atoms with van der Waals surface area (Å²) in [4.78, 5) is 13.9. The van der Waals surface area contributed by atoms with E-state index >= 15 is 0 Å². The molecule has 0 unspecified atom stereocenters. The highest BCUT2D eigenvalue weighted by molar-refractivity contribution is 6.31. The summed E-state index contributed by atoms with van der Waals surface area (Å²) in [7, 11) is 1.73. The highest BCUT2D eigenvalue weighted by Gasteiger charge is 2.20. The van der Waals surface area contributed by atoms with Crippen LogP contribution in [0.1, 0.15) is 17.2 Å². The Morgan fingerprint density at radius 1 is 1.15 bits per heavy atom. The average Bonchev–Trinajstić information content (AvgIpc) is 2.49. The second-order valence-corrected chi connectivity index (χ2v) is 5.08. The zero-order chi connectivity index (χ0) is 14.5. The minimum Gasteiger partial charge on any atom is -0.340 e. The number of nitrogens with two attached hydrogens (primary N) is 1. The summed E-state index contributed by atoms with van der Waals surface area (Å²) in [6, 6.07) is 16.2. The van der Waals surface area contributed by atoms with Crippen molar-refractivity contribution < 1.29 is 4.79 Å². The van der Waals surface area contributed by atoms with Crippen molar-refractivity contribution in [2.75, 3.05) is 7.05 Å². The van der Waals surface area contributed by atoms with Crippen LogP contribution in [0, 0.1) is 0 Å². The van der Waals surface area contributed by atoms with Gasteiger partial charge in [-0.05, 0) is 17.2 Å². The van der Waals surface area contributed by atoms with E-state index in [1.165, 1.54) is 0 Å². The van der Waals surface area contributed by atoms with Gasteiger partial charge in [0.1, 0.15) is 6.04 Å². The monoisotopic (exact) mass is 288 g/mol. The van der Waals surface area contributed by atoms with Gasteiger partial charge in [-0.15, -0.1) is 0 Å². The second kappa shape index (κ2) is 6.55. The van der Waals surface area contributed by atoms with Gasteiger partial charge in [0.05, 0.1) is 0 Å². The first-order chi connectivity index (χ1) is 9.59. The van der Waals surface area contributed by atoms with Gasteiger partial charge in [-0.2, -0.15) is 0 Å². The third-order valence-electron chi connectivity index (χ3n) is 3.17. The highest BCUT2D eigenvalue weighted by atomic mass is 35.5. The number of carbonyl (C=O) groups excluding carboxylic acids is 1. The van der Waals surface area contributed by atoms with Crippen molar-refractivity contribution in [3.63, 3.8) is 0 Å². The van der Waals surface area contributed by atoms with E-state index in [1.807, 2.05) is 54.6 Å². The van der Waals surface area contributed by atoms with Crippen LogP contribution in [0.2, 0.25) is 5.02 Å². The van der Waals surface area contributed by atoms with E-state index in [2.05, 4.69) is 0 Å². The molecule has 0 radical (unpaired) electrons. The first-order valence-corrected chi connectivity index (χ1v) is 6.76. The molecule has 0 spiro atoms. The van der Waals surface area contributed by atoms with Crippen LogP contribution in [0.5, 0.6) is 0 Å². The fourth-order valence-corrected chi connectivity index (χ4v) is 2.20. The van der Waals surface area contributed by atoms with Gasteiger partial charge < -0.3 is 10.6 Å². The van der Waals surface area contributed by atoms with Crippen LogP contribution in [-0.2, 0) is 11.3 Å². The van der Waals surface area contributed by atoms with Crippen molar-refractivity contribution in [1.82, 2.24) is 4.90 Å². The van der Waals surface area contributed by atoms with E-state index in [0.717, 1.165) is 11.1 Å². The smallest absolute Gasteiger partial charge is 0.244 e. The molecular formula is C16H17ClN2O. The van der Waals surface area contributed by atoms with E-state index in [9.17, 15) is 4.79 Å². The maximum Gasteiger partial charge on any atom is 0.244 e. The Morgan fingerprint density at radius 3 is 2.40 bits per heavy atom. The summed E-state index contributed by atoms with van der Waals surface area (Å²) in [5.74, 6) is -0.129. The van der Waals surface area contributed by atoms with Crippen molar-refractivity contribution in [3.05, 3.63) is 70.7 Å². The number of rotatable bonds is 4. The van der Waals surface area contributed by atoms with Gasteiger partial charge in [0, 0.05) is 18.6 Å². The fourth-order valence-electron chi connectivity index (χ4n) is 2.00. The summed E-state index contributed by atoms with van der Waals surface area (Å²) >= 11 is 6.10. The molecule has 2 aromatic carbocycles. The van der Waals surface area contributed by atoms with Crippen LogP contribution in [0.15, 0.2) is 54.6 Å². The van der Waals surface area contributed by atoms with Crippen LogP contribution in [-0.4, -0.2) is 17.9 Å². The molecule has 4 heteroatoms. The molecule has 0 aliphatic carbocycles. The standard InChI is InChI=1S/C16H17ClN2O/c1-19(11-13-9-5-6-10-14(13)17)16(20)15(18)12-7-3-2-4-8-12/h2-10,15H,11,18H2,1H3/t15-/m0/s1. The van der Waals surface area contributed by atoms with Gasteiger partial charge in [0.2, 0.25) is 5.91 Å². The first kappa shape index (κ1) is 14.6. The van der Waals surface area contributed by atoms with Gasteiger partial charge in [-0.25, -0.2) is 0 Å². The third-order valence-corrected chi connectivity index (χ3v) is 3.54. The summed E-state index contributed by atoms with van der Waals surface area (Å²) in [6.45, 7) is 0.443. The van der Waals surface area contributed by atoms with E-state index in [0.29, 0.717) is 11.6 Å². The normalized spacial score (nSPS) is 11.9. The van der Waals surface area contributed by atoms with E-state index in [-0.39, 0.29) is 5.91 Å². The molecule has 0 fully saturated rings. The molecule has 0 saturated heterocycles. The largest absolute Gasteiger partial charge is 0.340 e. The quantitative estimate of drug-likeness (QED) is 0.940. The minimum atomic E-state index is -0.649. The molecule has 2 aromatic rings. The lowest BCUT2D eigenvalue weighted by atomic mass is 10.1. The van der Waals surface area contributed by atoms with Crippen molar-refractivity contribution >= 4 is 17.5 Å². The number of benzene rings is 2. The number of nitrogens with zero attached hydrogens (tertiary/aromatic N) is 1. The van der Waals surface area contributed by atoms with Crippen LogP contribution in [0.3, 0.4) is 0 Å². The molecular weight excluding hydrogens is 272 g/mol. The van der Waals surface area contributed by atoms with Crippen molar-refractivity contribution in [2.24, 2.45) is 5.73 Å². The molecule has 1 atom stereocenters. The van der Waals surface area contributed by atoms with Gasteiger partial charge in [0.25, 0.3) is 0 Å². The minimum absolute atomic E-state index is 0.129. The Labute approximate surface area is 124 Å². The number of hydrogen-bond donors (Lipinski definition) is 1. The summed E-state index contributed by atoms with van der Waals surface area (Å²) in [5, 5.41) is 0.653. The number of hydrogen-bond acceptors (Lipinski definition) is 2. The molecule has 20 heavy (non-hydrogen) atoms. The lowest BCUT2D eigenvalue weighted by Crippen LogP contribution is -2.35. The van der Waals surface area contributed by atoms with Crippen LogP contribution < -0.4 is 5.73 Å². The van der Waals surface area contributed by atoms with Gasteiger partial charge in [-0.3, -0.25) is 4.79 Å². The van der Waals surface area contributed by atoms with Crippen LogP contribution >= 0.6 is 11.6 Å². The van der Waals surface area contributed by atoms with Gasteiger partial charge in [-0.1, -0.05) is 60.1 Å². The lowest BCUT2D eigenvalue weighted by Gasteiger charge is -2.22. The SMILES string of the molecule is CN(Cc1ccccc1Cl)C(=O)[C@@H](N)c1ccccc1. The zero-order valence-corrected chi connectivity index (χ0v) is 12.0. The van der Waals surface area contributed by atoms with E-state index in [4.69, 9.17) is 17.3 Å². The number of amides is 1. The molecule has 2 N–H and O–H groups in total. The zero-order valence-electron chi connectivity index (χ0n) is 11.3. The van der Waals surface area contributed by atoms with E-state index < -0.39 is 6.04 Å². The molecule has 0 saturated carbocycles. The molecule has 0 aliphatic heterocycles. The van der Waals surface area contributed by atoms with E-state index in [1.54, 1.807) is 11.9 Å². The Balaban J connectivity index is 2.08. The maximum atomic E-state index is 12.3. The molecule has 2 rings (SSSR count). The Kier molecular flexibility index (Phi) is 4.77. The molecule has 0 aromatic heterocycles. The third kappa shape index (κ3) is 3.38. The fraction of sp³-hybridized carbons (Fsp3) is 0.188. The Bertz CT molecular complexity index is 586. The Morgan fingerprint density at radius 2 is 1.75 bits per heavy atom. The molecule has 1 amide bonds. The summed E-state index contributed by atoms with van der Waals surface area (Å²) in [5.41, 5.74) is 7.72. The molecule has 0 aliphatic rings. The van der Waals surface area contributed by atoms with Crippen molar-refractivity contribution in [2.45, 2.75) is 12.6 Å². The molecule has 104 valence electrons. The maximum absolute atomic E-state index is 12.3. The van der Waals surface area contributed by atoms with Crippen LogP contribution in [0.4, 0.5) is 0 Å². The predicted molar refractivity (Wildman–Crippen MR) is 81.3 cm³/mol.